The molecule has 5 heteroatoms. The number of hydrogen-bond donors (Lipinski definition) is 1. The predicted octanol–water partition coefficient (Wildman–Crippen LogP) is 3.87. The van der Waals surface area contributed by atoms with Gasteiger partial charge in [0.05, 0.1) is 0 Å². The minimum atomic E-state index is -0.00169. The van der Waals surface area contributed by atoms with E-state index in [-0.39, 0.29) is 23.8 Å². The van der Waals surface area contributed by atoms with Crippen LogP contribution in [0.2, 0.25) is 0 Å². The molecule has 1 fully saturated rings. The zero-order chi connectivity index (χ0) is 18.4. The maximum Gasteiger partial charge on any atom is 0.251 e. The molecule has 0 aromatic heterocycles. The molecule has 1 aliphatic rings. The van der Waals surface area contributed by atoms with Crippen molar-refractivity contribution in [2.45, 2.75) is 57.4 Å². The van der Waals surface area contributed by atoms with E-state index >= 15 is 0 Å². The Kier molecular flexibility index (Phi) is 7.36. The van der Waals surface area contributed by atoms with Gasteiger partial charge in [0.2, 0.25) is 5.91 Å². The minimum Gasteiger partial charge on any atom is -0.349 e. The Hall–Kier alpha value is -1.49. The summed E-state index contributed by atoms with van der Waals surface area (Å²) in [6.45, 7) is 7.60. The normalized spacial score (nSPS) is 15.5. The number of benzene rings is 1. The first kappa shape index (κ1) is 19.8. The average molecular weight is 363 g/mol. The van der Waals surface area contributed by atoms with Crippen molar-refractivity contribution in [3.8, 4) is 0 Å². The van der Waals surface area contributed by atoms with E-state index in [9.17, 15) is 9.59 Å². The number of nitrogens with one attached hydrogen (secondary N) is 1. The molecule has 138 valence electrons. The highest BCUT2D eigenvalue weighted by atomic mass is 32.2. The van der Waals surface area contributed by atoms with E-state index in [1.165, 1.54) is 0 Å². The molecule has 0 saturated carbocycles. The van der Waals surface area contributed by atoms with Crippen molar-refractivity contribution >= 4 is 23.6 Å². The maximum absolute atomic E-state index is 12.6. The van der Waals surface area contributed by atoms with Gasteiger partial charge in [0.1, 0.15) is 0 Å². The molecule has 0 atom stereocenters. The van der Waals surface area contributed by atoms with Gasteiger partial charge in [-0.2, -0.15) is 0 Å². The van der Waals surface area contributed by atoms with Gasteiger partial charge in [-0.15, -0.1) is 11.8 Å². The predicted molar refractivity (Wildman–Crippen MR) is 104 cm³/mol. The van der Waals surface area contributed by atoms with Crippen LogP contribution in [0.5, 0.6) is 0 Å². The monoisotopic (exact) mass is 362 g/mol. The molecule has 1 aromatic rings. The standard InChI is InChI=1S/C20H30N2O2S/c1-5-15(6-2)20(24)22-11-9-16(10-12-22)21-19(23)18-13-17(25-4)8-7-14(18)3/h7-8,13,15-16H,5-6,9-12H2,1-4H3,(H,21,23). The van der Waals surface area contributed by atoms with Crippen molar-refractivity contribution in [1.82, 2.24) is 10.2 Å². The zero-order valence-electron chi connectivity index (χ0n) is 15.8. The van der Waals surface area contributed by atoms with E-state index < -0.39 is 0 Å². The maximum atomic E-state index is 12.6. The smallest absolute Gasteiger partial charge is 0.251 e. The van der Waals surface area contributed by atoms with Crippen molar-refractivity contribution in [1.29, 1.82) is 0 Å². The van der Waals surface area contributed by atoms with Gasteiger partial charge in [-0.25, -0.2) is 0 Å². The Morgan fingerprint density at radius 2 is 1.88 bits per heavy atom. The molecular weight excluding hydrogens is 332 g/mol. The Labute approximate surface area is 155 Å². The van der Waals surface area contributed by atoms with Crippen LogP contribution in [-0.2, 0) is 4.79 Å². The second-order valence-electron chi connectivity index (χ2n) is 6.77. The number of thioether (sulfide) groups is 1. The highest BCUT2D eigenvalue weighted by molar-refractivity contribution is 7.98. The summed E-state index contributed by atoms with van der Waals surface area (Å²) in [6.07, 6.45) is 5.48. The molecule has 0 bridgehead atoms. The van der Waals surface area contributed by atoms with Crippen LogP contribution >= 0.6 is 11.8 Å². The van der Waals surface area contributed by atoms with E-state index in [4.69, 9.17) is 0 Å². The van der Waals surface area contributed by atoms with E-state index in [1.807, 2.05) is 36.3 Å². The molecule has 0 unspecified atom stereocenters. The number of amides is 2. The summed E-state index contributed by atoms with van der Waals surface area (Å²) in [7, 11) is 0. The molecular formula is C20H30N2O2S. The van der Waals surface area contributed by atoms with Crippen molar-refractivity contribution in [3.63, 3.8) is 0 Å². The molecule has 2 rings (SSSR count). The van der Waals surface area contributed by atoms with Crippen molar-refractivity contribution in [2.75, 3.05) is 19.3 Å². The molecule has 1 aliphatic heterocycles. The lowest BCUT2D eigenvalue weighted by Crippen LogP contribution is -2.48. The Balaban J connectivity index is 1.92. The summed E-state index contributed by atoms with van der Waals surface area (Å²) in [5, 5.41) is 3.16. The lowest BCUT2D eigenvalue weighted by Gasteiger charge is -2.34. The zero-order valence-corrected chi connectivity index (χ0v) is 16.6. The van der Waals surface area contributed by atoms with E-state index in [2.05, 4.69) is 19.2 Å². The van der Waals surface area contributed by atoms with Gasteiger partial charge >= 0.3 is 0 Å². The number of carbonyl (C=O) groups excluding carboxylic acids is 2. The second kappa shape index (κ2) is 9.27. The third-order valence-corrected chi connectivity index (χ3v) is 5.89. The number of likely N-dealkylation sites (tertiary alicyclic amines) is 1. The quantitative estimate of drug-likeness (QED) is 0.782. The molecule has 0 aliphatic carbocycles. The third kappa shape index (κ3) is 5.00. The van der Waals surface area contributed by atoms with Crippen LogP contribution in [0, 0.1) is 12.8 Å². The van der Waals surface area contributed by atoms with Gasteiger partial charge < -0.3 is 10.2 Å². The van der Waals surface area contributed by atoms with Crippen LogP contribution in [0.15, 0.2) is 23.1 Å². The largest absolute Gasteiger partial charge is 0.349 e. The molecule has 25 heavy (non-hydrogen) atoms. The molecule has 1 saturated heterocycles. The van der Waals surface area contributed by atoms with Crippen LogP contribution in [0.3, 0.4) is 0 Å². The minimum absolute atomic E-state index is 0.00169. The highest BCUT2D eigenvalue weighted by Crippen LogP contribution is 2.21. The molecule has 0 spiro atoms. The fourth-order valence-electron chi connectivity index (χ4n) is 3.38. The summed E-state index contributed by atoms with van der Waals surface area (Å²) in [4.78, 5) is 28.2. The Bertz CT molecular complexity index is 606. The van der Waals surface area contributed by atoms with Crippen molar-refractivity contribution in [2.24, 2.45) is 5.92 Å². The summed E-state index contributed by atoms with van der Waals surface area (Å²) >= 11 is 1.64. The van der Waals surface area contributed by atoms with Crippen LogP contribution in [0.1, 0.15) is 55.5 Å². The number of hydrogen-bond acceptors (Lipinski definition) is 3. The molecule has 1 heterocycles. The molecule has 2 amide bonds. The Morgan fingerprint density at radius 1 is 1.24 bits per heavy atom. The fourth-order valence-corrected chi connectivity index (χ4v) is 3.82. The van der Waals surface area contributed by atoms with Gasteiger partial charge in [-0.1, -0.05) is 19.9 Å². The van der Waals surface area contributed by atoms with Crippen molar-refractivity contribution < 1.29 is 9.59 Å². The molecule has 1 N–H and O–H groups in total. The number of aryl methyl sites for hydroxylation is 1. The molecule has 4 nitrogen and oxygen atoms in total. The highest BCUT2D eigenvalue weighted by Gasteiger charge is 2.27. The van der Waals surface area contributed by atoms with Gasteiger partial charge in [0.15, 0.2) is 0 Å². The van der Waals surface area contributed by atoms with Crippen LogP contribution in [0.25, 0.3) is 0 Å². The van der Waals surface area contributed by atoms with Crippen molar-refractivity contribution in [3.05, 3.63) is 29.3 Å². The first-order valence-corrected chi connectivity index (χ1v) is 10.5. The van der Waals surface area contributed by atoms with Gasteiger partial charge in [-0.3, -0.25) is 9.59 Å². The summed E-state index contributed by atoms with van der Waals surface area (Å²) in [5.74, 6) is 0.416. The lowest BCUT2D eigenvalue weighted by atomic mass is 9.98. The summed E-state index contributed by atoms with van der Waals surface area (Å²) < 4.78 is 0. The summed E-state index contributed by atoms with van der Waals surface area (Å²) in [6, 6.07) is 6.15. The van der Waals surface area contributed by atoms with Crippen LogP contribution in [0.4, 0.5) is 0 Å². The summed E-state index contributed by atoms with van der Waals surface area (Å²) in [5.41, 5.74) is 1.75. The molecule has 0 radical (unpaired) electrons. The number of rotatable bonds is 6. The lowest BCUT2D eigenvalue weighted by molar-refractivity contribution is -0.136. The molecule has 1 aromatic carbocycles. The second-order valence-corrected chi connectivity index (χ2v) is 7.65. The topological polar surface area (TPSA) is 49.4 Å². The SMILES string of the molecule is CCC(CC)C(=O)N1CCC(NC(=O)c2cc(SC)ccc2C)CC1. The average Bonchev–Trinajstić information content (AvgIpc) is 2.63. The number of carbonyl (C=O) groups is 2. The number of nitrogens with zero attached hydrogens (tertiary/aromatic N) is 1. The van der Waals surface area contributed by atoms with Crippen LogP contribution in [-0.4, -0.2) is 42.1 Å². The van der Waals surface area contributed by atoms with Gasteiger partial charge in [-0.05, 0) is 56.6 Å². The van der Waals surface area contributed by atoms with Gasteiger partial charge in [0.25, 0.3) is 5.91 Å². The first-order valence-electron chi connectivity index (χ1n) is 9.24. The van der Waals surface area contributed by atoms with E-state index in [1.54, 1.807) is 11.8 Å². The van der Waals surface area contributed by atoms with E-state index in [0.717, 1.165) is 54.8 Å². The van der Waals surface area contributed by atoms with Gasteiger partial charge in [0, 0.05) is 35.5 Å². The van der Waals surface area contributed by atoms with Crippen LogP contribution < -0.4 is 5.32 Å². The fraction of sp³-hybridized carbons (Fsp3) is 0.600. The van der Waals surface area contributed by atoms with E-state index in [0.29, 0.717) is 0 Å². The first-order chi connectivity index (χ1) is 12.0. The number of piperidine rings is 1. The Morgan fingerprint density at radius 3 is 2.44 bits per heavy atom. The third-order valence-electron chi connectivity index (χ3n) is 5.17.